The third kappa shape index (κ3) is 5.06. The second-order valence-corrected chi connectivity index (χ2v) is 9.77. The molecule has 2 amide bonds. The first-order valence-corrected chi connectivity index (χ1v) is 12.3. The van der Waals surface area contributed by atoms with Crippen LogP contribution in [0.5, 0.6) is 0 Å². The highest BCUT2D eigenvalue weighted by atomic mass is 32.2. The number of rotatable bonds is 5. The minimum absolute atomic E-state index is 0.0577. The number of aryl methyl sites for hydroxylation is 1. The van der Waals surface area contributed by atoms with Crippen molar-refractivity contribution in [3.63, 3.8) is 0 Å². The average Bonchev–Trinajstić information content (AvgIpc) is 3.45. The molecule has 0 saturated heterocycles. The van der Waals surface area contributed by atoms with E-state index in [0.717, 1.165) is 34.2 Å². The SMILES string of the molecule is Cc1ccc(C2=NN(C3=NC(=O)[C@@H](CC(=O)Nc4ccccc4F)S3)[C@H](c3ccc(F)cc3)C2)cc1. The standard InChI is InChI=1S/C27H22F2N4O2S/c1-16-6-8-17(9-7-16)22-14-23(18-10-12-19(28)13-11-18)33(32-22)27-31-26(35)24(36-27)15-25(34)30-21-5-3-2-4-20(21)29/h2-13,23-24H,14-15H2,1H3,(H,30,34)/t23-,24+/m0/s1. The molecule has 0 aromatic heterocycles. The monoisotopic (exact) mass is 504 g/mol. The van der Waals surface area contributed by atoms with Crippen LogP contribution in [0.2, 0.25) is 0 Å². The van der Waals surface area contributed by atoms with Gasteiger partial charge in [-0.3, -0.25) is 9.59 Å². The number of thioether (sulfide) groups is 1. The lowest BCUT2D eigenvalue weighted by Gasteiger charge is -2.23. The Morgan fingerprint density at radius 2 is 1.78 bits per heavy atom. The van der Waals surface area contributed by atoms with Gasteiger partial charge in [-0.1, -0.05) is 65.9 Å². The minimum atomic E-state index is -0.751. The molecule has 0 aliphatic carbocycles. The summed E-state index contributed by atoms with van der Waals surface area (Å²) in [6.45, 7) is 2.01. The summed E-state index contributed by atoms with van der Waals surface area (Å²) in [6, 6.07) is 19.7. The van der Waals surface area contributed by atoms with Crippen molar-refractivity contribution in [3.8, 4) is 0 Å². The number of amides is 2. The second kappa shape index (κ2) is 10.0. The zero-order valence-corrected chi connectivity index (χ0v) is 20.1. The van der Waals surface area contributed by atoms with Crippen molar-refractivity contribution in [2.45, 2.75) is 31.1 Å². The van der Waals surface area contributed by atoms with E-state index in [2.05, 4.69) is 10.3 Å². The predicted molar refractivity (Wildman–Crippen MR) is 137 cm³/mol. The van der Waals surface area contributed by atoms with E-state index in [1.807, 2.05) is 31.2 Å². The van der Waals surface area contributed by atoms with Gasteiger partial charge < -0.3 is 5.32 Å². The number of hydrogen-bond acceptors (Lipinski definition) is 5. The Morgan fingerprint density at radius 1 is 1.06 bits per heavy atom. The molecule has 9 heteroatoms. The first kappa shape index (κ1) is 23.9. The lowest BCUT2D eigenvalue weighted by Crippen LogP contribution is -2.25. The van der Waals surface area contributed by atoms with Gasteiger partial charge in [-0.05, 0) is 42.3 Å². The van der Waals surface area contributed by atoms with E-state index in [1.54, 1.807) is 23.2 Å². The van der Waals surface area contributed by atoms with Crippen LogP contribution in [-0.2, 0) is 9.59 Å². The summed E-state index contributed by atoms with van der Waals surface area (Å²) in [7, 11) is 0. The maximum Gasteiger partial charge on any atom is 0.262 e. The van der Waals surface area contributed by atoms with Crippen molar-refractivity contribution in [2.24, 2.45) is 10.1 Å². The Labute approximate surface area is 211 Å². The van der Waals surface area contributed by atoms with Gasteiger partial charge in [0.1, 0.15) is 16.9 Å². The fourth-order valence-electron chi connectivity index (χ4n) is 4.09. The molecule has 0 bridgehead atoms. The molecule has 1 N–H and O–H groups in total. The van der Waals surface area contributed by atoms with E-state index in [4.69, 9.17) is 5.10 Å². The smallest absolute Gasteiger partial charge is 0.262 e. The molecule has 0 unspecified atom stereocenters. The van der Waals surface area contributed by atoms with Crippen LogP contribution in [0.25, 0.3) is 0 Å². The largest absolute Gasteiger partial charge is 0.324 e. The Morgan fingerprint density at radius 3 is 2.50 bits per heavy atom. The van der Waals surface area contributed by atoms with Crippen LogP contribution in [0, 0.1) is 18.6 Å². The van der Waals surface area contributed by atoms with Crippen molar-refractivity contribution in [3.05, 3.63) is 101 Å². The Balaban J connectivity index is 1.36. The molecule has 0 fully saturated rings. The fraction of sp³-hybridized carbons (Fsp3) is 0.185. The minimum Gasteiger partial charge on any atom is -0.324 e. The molecule has 2 atom stereocenters. The average molecular weight is 505 g/mol. The lowest BCUT2D eigenvalue weighted by molar-refractivity contribution is -0.121. The molecule has 2 aliphatic heterocycles. The lowest BCUT2D eigenvalue weighted by atomic mass is 9.98. The number of halogens is 2. The summed E-state index contributed by atoms with van der Waals surface area (Å²) in [4.78, 5) is 29.4. The van der Waals surface area contributed by atoms with Gasteiger partial charge >= 0.3 is 0 Å². The van der Waals surface area contributed by atoms with Gasteiger partial charge in [-0.15, -0.1) is 0 Å². The van der Waals surface area contributed by atoms with E-state index in [0.29, 0.717) is 11.6 Å². The fourth-order valence-corrected chi connectivity index (χ4v) is 5.15. The number of aliphatic imine (C=N–C) groups is 1. The topological polar surface area (TPSA) is 74.1 Å². The predicted octanol–water partition coefficient (Wildman–Crippen LogP) is 5.45. The number of amidine groups is 1. The highest BCUT2D eigenvalue weighted by molar-refractivity contribution is 8.15. The van der Waals surface area contributed by atoms with E-state index in [9.17, 15) is 18.4 Å². The van der Waals surface area contributed by atoms with Crippen LogP contribution in [0.4, 0.5) is 14.5 Å². The maximum atomic E-state index is 13.9. The van der Waals surface area contributed by atoms with Crippen LogP contribution in [0.15, 0.2) is 82.9 Å². The number of nitrogens with one attached hydrogen (secondary N) is 1. The molecule has 2 aliphatic rings. The zero-order valence-electron chi connectivity index (χ0n) is 19.3. The van der Waals surface area contributed by atoms with E-state index >= 15 is 0 Å². The van der Waals surface area contributed by atoms with Gasteiger partial charge in [0.2, 0.25) is 5.91 Å². The van der Waals surface area contributed by atoms with Gasteiger partial charge in [0.05, 0.1) is 17.4 Å². The molecule has 0 radical (unpaired) electrons. The van der Waals surface area contributed by atoms with Crippen LogP contribution in [-0.4, -0.2) is 33.0 Å². The maximum absolute atomic E-state index is 13.9. The van der Waals surface area contributed by atoms with Gasteiger partial charge in [-0.2, -0.15) is 10.1 Å². The summed E-state index contributed by atoms with van der Waals surface area (Å²) in [5, 5.41) is 8.59. The van der Waals surface area contributed by atoms with Crippen LogP contribution < -0.4 is 5.32 Å². The molecule has 36 heavy (non-hydrogen) atoms. The van der Waals surface area contributed by atoms with E-state index in [-0.39, 0.29) is 24.0 Å². The highest BCUT2D eigenvalue weighted by Crippen LogP contribution is 2.38. The van der Waals surface area contributed by atoms with Crippen LogP contribution >= 0.6 is 11.8 Å². The van der Waals surface area contributed by atoms with Crippen molar-refractivity contribution in [1.82, 2.24) is 5.01 Å². The summed E-state index contributed by atoms with van der Waals surface area (Å²) in [5.74, 6) is -1.82. The normalized spacial score (nSPS) is 19.3. The molecule has 182 valence electrons. The molecular weight excluding hydrogens is 482 g/mol. The molecule has 6 nitrogen and oxygen atoms in total. The van der Waals surface area contributed by atoms with Crippen molar-refractivity contribution in [2.75, 3.05) is 5.32 Å². The summed E-state index contributed by atoms with van der Waals surface area (Å²) >= 11 is 1.15. The first-order valence-electron chi connectivity index (χ1n) is 11.4. The van der Waals surface area contributed by atoms with Gasteiger partial charge in [-0.25, -0.2) is 13.8 Å². The van der Waals surface area contributed by atoms with Gasteiger partial charge in [0.15, 0.2) is 5.17 Å². The zero-order chi connectivity index (χ0) is 25.2. The van der Waals surface area contributed by atoms with Crippen molar-refractivity contribution < 1.29 is 18.4 Å². The number of hydrazone groups is 1. The number of nitrogens with zero attached hydrogens (tertiary/aromatic N) is 3. The number of anilines is 1. The molecule has 5 rings (SSSR count). The second-order valence-electron chi connectivity index (χ2n) is 8.60. The van der Waals surface area contributed by atoms with Crippen LogP contribution in [0.3, 0.4) is 0 Å². The third-order valence-corrected chi connectivity index (χ3v) is 7.14. The molecular formula is C27H22F2N4O2S. The Kier molecular flexibility index (Phi) is 6.65. The molecule has 2 heterocycles. The van der Waals surface area contributed by atoms with Gasteiger partial charge in [0, 0.05) is 12.8 Å². The molecule has 3 aromatic carbocycles. The Bertz CT molecular complexity index is 1370. The number of carbonyl (C=O) groups excluding carboxylic acids is 2. The van der Waals surface area contributed by atoms with Crippen LogP contribution in [0.1, 0.15) is 35.6 Å². The van der Waals surface area contributed by atoms with Crippen molar-refractivity contribution in [1.29, 1.82) is 0 Å². The van der Waals surface area contributed by atoms with E-state index in [1.165, 1.54) is 30.3 Å². The van der Waals surface area contributed by atoms with E-state index < -0.39 is 22.9 Å². The highest BCUT2D eigenvalue weighted by Gasteiger charge is 2.39. The summed E-state index contributed by atoms with van der Waals surface area (Å²) in [5.41, 5.74) is 3.79. The summed E-state index contributed by atoms with van der Waals surface area (Å²) in [6.07, 6.45) is 0.384. The number of para-hydroxylation sites is 1. The molecule has 0 saturated carbocycles. The Hall–Kier alpha value is -3.85. The quantitative estimate of drug-likeness (QED) is 0.501. The number of benzene rings is 3. The first-order chi connectivity index (χ1) is 17.4. The molecule has 3 aromatic rings. The van der Waals surface area contributed by atoms with Crippen molar-refractivity contribution >= 4 is 40.1 Å². The molecule has 0 spiro atoms. The summed E-state index contributed by atoms with van der Waals surface area (Å²) < 4.78 is 27.5. The number of hydrogen-bond donors (Lipinski definition) is 1. The van der Waals surface area contributed by atoms with Gasteiger partial charge in [0.25, 0.3) is 5.91 Å². The number of carbonyl (C=O) groups is 2. The third-order valence-electron chi connectivity index (χ3n) is 5.99.